The van der Waals surface area contributed by atoms with Crippen molar-refractivity contribution >= 4 is 39.2 Å². The summed E-state index contributed by atoms with van der Waals surface area (Å²) in [6.45, 7) is 4.75. The predicted octanol–water partition coefficient (Wildman–Crippen LogP) is 3.39. The third-order valence-electron chi connectivity index (χ3n) is 8.02. The number of carbonyl (C=O) groups excluding carboxylic acids is 1. The molecule has 2 aromatic heterocycles. The molecule has 6 rings (SSSR count). The van der Waals surface area contributed by atoms with E-state index in [2.05, 4.69) is 46.2 Å². The molecule has 12 heteroatoms. The summed E-state index contributed by atoms with van der Waals surface area (Å²) in [6.07, 6.45) is 7.63. The van der Waals surface area contributed by atoms with Crippen molar-refractivity contribution < 1.29 is 9.18 Å². The highest BCUT2D eigenvalue weighted by atomic mass is 19.1. The van der Waals surface area contributed by atoms with E-state index < -0.39 is 17.0 Å². The number of nitrogens with zero attached hydrogens (tertiary/aromatic N) is 5. The summed E-state index contributed by atoms with van der Waals surface area (Å²) in [5, 5.41) is 11.3. The molecule has 216 valence electrons. The summed E-state index contributed by atoms with van der Waals surface area (Å²) in [7, 11) is 0. The zero-order valence-corrected chi connectivity index (χ0v) is 23.1. The highest BCUT2D eigenvalue weighted by Gasteiger charge is 2.39. The highest BCUT2D eigenvalue weighted by Crippen LogP contribution is 2.37. The first-order valence-corrected chi connectivity index (χ1v) is 14.1. The molecule has 4 aromatic rings. The predicted molar refractivity (Wildman–Crippen MR) is 161 cm³/mol. The normalized spacial score (nSPS) is 16.1. The number of nitrogens with one attached hydrogen (secondary N) is 3. The number of benzene rings is 2. The Labute approximate surface area is 241 Å². The SMILES string of the molecule is C#CCCC1(CCC(=O)NCCN2CCN(c3ccc4[nH]c(-c5c(N)c6c(F)cccc6[nH]c5=O)nc4c3)CC2)N=N1. The van der Waals surface area contributed by atoms with Gasteiger partial charge < -0.3 is 25.9 Å². The van der Waals surface area contributed by atoms with Crippen molar-refractivity contribution in [2.24, 2.45) is 10.2 Å². The number of aromatic nitrogens is 3. The average molecular weight is 570 g/mol. The maximum absolute atomic E-state index is 14.5. The van der Waals surface area contributed by atoms with Crippen molar-refractivity contribution in [3.05, 3.63) is 52.6 Å². The van der Waals surface area contributed by atoms with Gasteiger partial charge in [-0.2, -0.15) is 10.2 Å². The van der Waals surface area contributed by atoms with Gasteiger partial charge in [0.25, 0.3) is 5.56 Å². The Morgan fingerprint density at radius 2 is 1.93 bits per heavy atom. The van der Waals surface area contributed by atoms with E-state index in [4.69, 9.17) is 12.2 Å². The van der Waals surface area contributed by atoms with E-state index >= 15 is 0 Å². The molecule has 0 saturated carbocycles. The lowest BCUT2D eigenvalue weighted by molar-refractivity contribution is -0.121. The number of anilines is 2. The summed E-state index contributed by atoms with van der Waals surface area (Å²) in [4.78, 5) is 40.2. The van der Waals surface area contributed by atoms with E-state index in [1.807, 2.05) is 18.2 Å². The van der Waals surface area contributed by atoms with Crippen LogP contribution in [0.1, 0.15) is 25.7 Å². The number of imidazole rings is 1. The molecule has 0 aliphatic carbocycles. The summed E-state index contributed by atoms with van der Waals surface area (Å²) in [5.74, 6) is 2.40. The molecule has 1 amide bonds. The lowest BCUT2D eigenvalue weighted by atomic mass is 10.0. The van der Waals surface area contributed by atoms with Gasteiger partial charge in [0.05, 0.1) is 27.6 Å². The fourth-order valence-electron chi connectivity index (χ4n) is 5.53. The molecule has 5 N–H and O–H groups in total. The van der Waals surface area contributed by atoms with Gasteiger partial charge in [-0.3, -0.25) is 14.5 Å². The maximum Gasteiger partial charge on any atom is 0.261 e. The number of carbonyl (C=O) groups is 1. The average Bonchev–Trinajstić information content (AvgIpc) is 3.64. The van der Waals surface area contributed by atoms with E-state index in [0.717, 1.165) is 43.9 Å². The number of aromatic amines is 2. The van der Waals surface area contributed by atoms with Crippen molar-refractivity contribution in [2.45, 2.75) is 31.3 Å². The van der Waals surface area contributed by atoms with Crippen LogP contribution >= 0.6 is 0 Å². The second kappa shape index (κ2) is 11.3. The molecule has 2 aromatic carbocycles. The second-order valence-corrected chi connectivity index (χ2v) is 10.8. The van der Waals surface area contributed by atoms with Crippen LogP contribution in [0.3, 0.4) is 0 Å². The summed E-state index contributed by atoms with van der Waals surface area (Å²) >= 11 is 0. The van der Waals surface area contributed by atoms with Crippen LogP contribution < -0.4 is 21.5 Å². The summed E-state index contributed by atoms with van der Waals surface area (Å²) in [5.41, 5.74) is 8.37. The van der Waals surface area contributed by atoms with Gasteiger partial charge >= 0.3 is 0 Å². The Balaban J connectivity index is 1.04. The minimum atomic E-state index is -0.506. The summed E-state index contributed by atoms with van der Waals surface area (Å²) < 4.78 is 14.5. The van der Waals surface area contributed by atoms with Gasteiger partial charge in [-0.15, -0.1) is 12.3 Å². The third-order valence-corrected chi connectivity index (χ3v) is 8.02. The lowest BCUT2D eigenvalue weighted by Crippen LogP contribution is -2.48. The topological polar surface area (TPSA) is 148 Å². The van der Waals surface area contributed by atoms with E-state index in [9.17, 15) is 14.0 Å². The molecule has 0 atom stereocenters. The number of nitrogen functional groups attached to an aromatic ring is 1. The minimum Gasteiger partial charge on any atom is -0.397 e. The van der Waals surface area contributed by atoms with E-state index in [-0.39, 0.29) is 22.5 Å². The molecule has 1 saturated heterocycles. The number of piperazine rings is 1. The Morgan fingerprint density at radius 3 is 2.69 bits per heavy atom. The Bertz CT molecular complexity index is 1770. The number of fused-ring (bicyclic) bond motifs is 2. The molecule has 0 bridgehead atoms. The molecule has 0 unspecified atom stereocenters. The van der Waals surface area contributed by atoms with Crippen LogP contribution in [0.2, 0.25) is 0 Å². The maximum atomic E-state index is 14.5. The molecular weight excluding hydrogens is 537 g/mol. The zero-order chi connectivity index (χ0) is 29.3. The lowest BCUT2D eigenvalue weighted by Gasteiger charge is -2.36. The number of nitrogens with two attached hydrogens (primary N) is 1. The van der Waals surface area contributed by atoms with Gasteiger partial charge in [0.15, 0.2) is 5.66 Å². The smallest absolute Gasteiger partial charge is 0.261 e. The number of hydrogen-bond acceptors (Lipinski definition) is 8. The van der Waals surface area contributed by atoms with Gasteiger partial charge in [0.1, 0.15) is 17.2 Å². The Morgan fingerprint density at radius 1 is 1.12 bits per heavy atom. The van der Waals surface area contributed by atoms with Crippen LogP contribution in [-0.2, 0) is 4.79 Å². The first kappa shape index (κ1) is 27.4. The highest BCUT2D eigenvalue weighted by molar-refractivity contribution is 5.98. The largest absolute Gasteiger partial charge is 0.397 e. The van der Waals surface area contributed by atoms with Gasteiger partial charge in [0.2, 0.25) is 5.91 Å². The number of amides is 1. The second-order valence-electron chi connectivity index (χ2n) is 10.8. The van der Waals surface area contributed by atoms with Crippen LogP contribution in [0.25, 0.3) is 33.3 Å². The number of H-pyrrole nitrogens is 2. The van der Waals surface area contributed by atoms with E-state index in [1.54, 1.807) is 6.07 Å². The Kier molecular flexibility index (Phi) is 7.34. The van der Waals surface area contributed by atoms with Gasteiger partial charge in [0, 0.05) is 70.6 Å². The molecule has 42 heavy (non-hydrogen) atoms. The van der Waals surface area contributed by atoms with Crippen molar-refractivity contribution in [3.8, 4) is 23.7 Å². The Hall–Kier alpha value is -4.76. The standard InChI is InChI=1S/C30H32FN9O2/c1-2-3-10-30(37-38-30)11-9-24(41)33-12-13-39-14-16-40(17-15-39)19-7-8-21-23(18-19)35-28(34-21)26-27(32)25-20(31)5-4-6-22(25)36-29(26)42/h1,4-8,18H,3,9-17H2,(H,33,41)(H,34,35)(H3,32,36,42). The fraction of sp³-hybridized carbons (Fsp3) is 0.367. The number of rotatable bonds is 10. The number of terminal acetylenes is 1. The number of pyridine rings is 1. The van der Waals surface area contributed by atoms with E-state index in [0.29, 0.717) is 49.1 Å². The first-order chi connectivity index (χ1) is 20.4. The van der Waals surface area contributed by atoms with Crippen molar-refractivity contribution in [2.75, 3.05) is 49.9 Å². The number of halogens is 1. The first-order valence-electron chi connectivity index (χ1n) is 14.1. The molecule has 0 spiro atoms. The summed E-state index contributed by atoms with van der Waals surface area (Å²) in [6, 6.07) is 10.4. The monoisotopic (exact) mass is 569 g/mol. The van der Waals surface area contributed by atoms with Crippen molar-refractivity contribution in [3.63, 3.8) is 0 Å². The van der Waals surface area contributed by atoms with Crippen LogP contribution in [-0.4, -0.2) is 70.7 Å². The zero-order valence-electron chi connectivity index (χ0n) is 23.1. The minimum absolute atomic E-state index is 0.00950. The molecule has 2 aliphatic heterocycles. The fourth-order valence-corrected chi connectivity index (χ4v) is 5.53. The van der Waals surface area contributed by atoms with E-state index in [1.165, 1.54) is 12.1 Å². The molecule has 1 fully saturated rings. The molecule has 2 aliphatic rings. The molecule has 11 nitrogen and oxygen atoms in total. The van der Waals surface area contributed by atoms with Gasteiger partial charge in [-0.25, -0.2) is 9.37 Å². The van der Waals surface area contributed by atoms with Crippen molar-refractivity contribution in [1.29, 1.82) is 0 Å². The van der Waals surface area contributed by atoms with Crippen LogP contribution in [0.4, 0.5) is 15.8 Å². The molecular formula is C30H32FN9O2. The van der Waals surface area contributed by atoms with Gasteiger partial charge in [-0.1, -0.05) is 6.07 Å². The molecule has 4 heterocycles. The third kappa shape index (κ3) is 5.56. The number of hydrogen-bond donors (Lipinski definition) is 4. The van der Waals surface area contributed by atoms with Crippen LogP contribution in [0.5, 0.6) is 0 Å². The van der Waals surface area contributed by atoms with Crippen LogP contribution in [0.15, 0.2) is 51.4 Å². The van der Waals surface area contributed by atoms with Gasteiger partial charge in [-0.05, 0) is 30.3 Å². The van der Waals surface area contributed by atoms with Crippen molar-refractivity contribution in [1.82, 2.24) is 25.2 Å². The molecule has 0 radical (unpaired) electrons. The quantitative estimate of drug-likeness (QED) is 0.215. The van der Waals surface area contributed by atoms with Crippen LogP contribution in [0, 0.1) is 18.2 Å².